The van der Waals surface area contributed by atoms with E-state index < -0.39 is 0 Å². The Labute approximate surface area is 134 Å². The second-order valence-corrected chi connectivity index (χ2v) is 5.40. The Morgan fingerprint density at radius 1 is 1.43 bits per heavy atom. The lowest BCUT2D eigenvalue weighted by Crippen LogP contribution is -2.12. The van der Waals surface area contributed by atoms with Crippen LogP contribution in [0.1, 0.15) is 29.7 Å². The summed E-state index contributed by atoms with van der Waals surface area (Å²) in [5.74, 6) is 2.77. The topological polar surface area (TPSA) is 124 Å². The van der Waals surface area contributed by atoms with Crippen LogP contribution in [0, 0.1) is 0 Å². The minimum Gasteiger partial charge on any atom is -0.381 e. The number of ether oxygens (including phenoxy) is 2. The van der Waals surface area contributed by atoms with E-state index in [1.807, 2.05) is 6.07 Å². The van der Waals surface area contributed by atoms with Crippen LogP contribution in [-0.4, -0.2) is 52.0 Å². The summed E-state index contributed by atoms with van der Waals surface area (Å²) >= 11 is 0. The molecule has 1 fully saturated rings. The largest absolute Gasteiger partial charge is 0.381 e. The van der Waals surface area contributed by atoms with Crippen LogP contribution in [0.5, 0.6) is 0 Å². The Hall–Kier alpha value is -2.26. The summed E-state index contributed by atoms with van der Waals surface area (Å²) in [6, 6.07) is 1.98. The van der Waals surface area contributed by atoms with Gasteiger partial charge in [-0.05, 0) is 6.42 Å². The van der Waals surface area contributed by atoms with E-state index in [0.29, 0.717) is 37.9 Å². The molecule has 1 atom stereocenters. The molecule has 1 aliphatic heterocycles. The summed E-state index contributed by atoms with van der Waals surface area (Å²) in [6.45, 7) is 2.54. The van der Waals surface area contributed by atoms with Gasteiger partial charge in [0.05, 0.1) is 12.3 Å². The molecule has 9 heteroatoms. The Morgan fingerprint density at radius 3 is 3.04 bits per heavy atom. The maximum atomic E-state index is 5.48. The van der Waals surface area contributed by atoms with Crippen molar-refractivity contribution in [1.82, 2.24) is 25.1 Å². The predicted molar refractivity (Wildman–Crippen MR) is 83.9 cm³/mol. The predicted octanol–water partition coefficient (Wildman–Crippen LogP) is 0.482. The molecule has 0 aliphatic carbocycles. The summed E-state index contributed by atoms with van der Waals surface area (Å²) in [5, 5.41) is 9.88. The standard InChI is InChI=1S/C14H21N7O2/c1-22-8-13-17-10(9-3-5-23-7-9)6-12(18-13)16-4-2-11-19-14(15)21-20-11/h6,9H,2-5,7-8H2,1H3,(H,16,17,18)(H3,15,19,20,21)/t9-/m1/s1. The molecule has 0 spiro atoms. The monoisotopic (exact) mass is 319 g/mol. The number of anilines is 2. The number of aromatic nitrogens is 5. The number of nitrogens with one attached hydrogen (secondary N) is 2. The molecule has 3 heterocycles. The first-order chi connectivity index (χ1) is 11.2. The molecule has 0 aromatic carbocycles. The van der Waals surface area contributed by atoms with E-state index in [-0.39, 0.29) is 5.95 Å². The highest BCUT2D eigenvalue weighted by atomic mass is 16.5. The lowest BCUT2D eigenvalue weighted by Gasteiger charge is -2.12. The molecule has 0 bridgehead atoms. The van der Waals surface area contributed by atoms with E-state index in [2.05, 4.69) is 30.5 Å². The van der Waals surface area contributed by atoms with Crippen molar-refractivity contribution >= 4 is 11.8 Å². The van der Waals surface area contributed by atoms with Crippen LogP contribution in [-0.2, 0) is 22.5 Å². The average Bonchev–Trinajstić information content (AvgIpc) is 3.19. The van der Waals surface area contributed by atoms with Crippen molar-refractivity contribution in [2.75, 3.05) is 37.9 Å². The highest BCUT2D eigenvalue weighted by Gasteiger charge is 2.20. The zero-order valence-corrected chi connectivity index (χ0v) is 13.1. The highest BCUT2D eigenvalue weighted by Crippen LogP contribution is 2.25. The molecule has 2 aromatic heterocycles. The van der Waals surface area contributed by atoms with Crippen LogP contribution in [0.3, 0.4) is 0 Å². The van der Waals surface area contributed by atoms with Crippen molar-refractivity contribution < 1.29 is 9.47 Å². The van der Waals surface area contributed by atoms with Gasteiger partial charge >= 0.3 is 0 Å². The zero-order valence-electron chi connectivity index (χ0n) is 13.1. The van der Waals surface area contributed by atoms with Crippen LogP contribution in [0.2, 0.25) is 0 Å². The molecule has 0 amide bonds. The third-order valence-electron chi connectivity index (χ3n) is 3.63. The van der Waals surface area contributed by atoms with Gasteiger partial charge in [0, 0.05) is 38.7 Å². The van der Waals surface area contributed by atoms with Crippen LogP contribution in [0.4, 0.5) is 11.8 Å². The van der Waals surface area contributed by atoms with Crippen LogP contribution in [0.25, 0.3) is 0 Å². The first-order valence-corrected chi connectivity index (χ1v) is 7.59. The van der Waals surface area contributed by atoms with E-state index in [0.717, 1.165) is 30.4 Å². The Kier molecular flexibility index (Phi) is 4.99. The number of methoxy groups -OCH3 is 1. The Morgan fingerprint density at radius 2 is 2.35 bits per heavy atom. The third-order valence-corrected chi connectivity index (χ3v) is 3.63. The highest BCUT2D eigenvalue weighted by molar-refractivity contribution is 5.37. The van der Waals surface area contributed by atoms with Gasteiger partial charge in [-0.25, -0.2) is 9.97 Å². The van der Waals surface area contributed by atoms with E-state index in [1.165, 1.54) is 0 Å². The van der Waals surface area contributed by atoms with Gasteiger partial charge in [-0.3, -0.25) is 5.10 Å². The molecule has 1 aliphatic rings. The molecule has 9 nitrogen and oxygen atoms in total. The van der Waals surface area contributed by atoms with E-state index in [4.69, 9.17) is 15.2 Å². The van der Waals surface area contributed by atoms with Crippen molar-refractivity contribution in [3.8, 4) is 0 Å². The second-order valence-electron chi connectivity index (χ2n) is 5.40. The molecular weight excluding hydrogens is 298 g/mol. The van der Waals surface area contributed by atoms with Crippen LogP contribution in [0.15, 0.2) is 6.07 Å². The zero-order chi connectivity index (χ0) is 16.1. The molecule has 0 saturated carbocycles. The fourth-order valence-corrected chi connectivity index (χ4v) is 2.51. The van der Waals surface area contributed by atoms with Gasteiger partial charge in [-0.15, -0.1) is 5.10 Å². The number of hydrogen-bond donors (Lipinski definition) is 3. The lowest BCUT2D eigenvalue weighted by atomic mass is 10.0. The van der Waals surface area contributed by atoms with E-state index in [1.54, 1.807) is 7.11 Å². The van der Waals surface area contributed by atoms with Gasteiger partial charge in [0.25, 0.3) is 0 Å². The first kappa shape index (κ1) is 15.6. The molecule has 2 aromatic rings. The molecule has 0 radical (unpaired) electrons. The third kappa shape index (κ3) is 4.14. The number of nitrogen functional groups attached to an aromatic ring is 1. The van der Waals surface area contributed by atoms with E-state index in [9.17, 15) is 0 Å². The molecule has 124 valence electrons. The number of rotatable bonds is 7. The summed E-state index contributed by atoms with van der Waals surface area (Å²) in [5.41, 5.74) is 6.48. The normalized spacial score (nSPS) is 17.5. The maximum absolute atomic E-state index is 5.48. The average molecular weight is 319 g/mol. The van der Waals surface area contributed by atoms with Crippen molar-refractivity contribution in [3.63, 3.8) is 0 Å². The second kappa shape index (κ2) is 7.34. The lowest BCUT2D eigenvalue weighted by molar-refractivity contribution is 0.177. The summed E-state index contributed by atoms with van der Waals surface area (Å²) in [6.07, 6.45) is 1.66. The summed E-state index contributed by atoms with van der Waals surface area (Å²) < 4.78 is 10.6. The van der Waals surface area contributed by atoms with Crippen molar-refractivity contribution in [1.29, 1.82) is 0 Å². The Bertz CT molecular complexity index is 640. The van der Waals surface area contributed by atoms with Crippen molar-refractivity contribution in [2.45, 2.75) is 25.4 Å². The van der Waals surface area contributed by atoms with Gasteiger partial charge in [0.15, 0.2) is 5.82 Å². The number of aromatic amines is 1. The fourth-order valence-electron chi connectivity index (χ4n) is 2.51. The van der Waals surface area contributed by atoms with Gasteiger partial charge in [-0.2, -0.15) is 4.98 Å². The molecule has 4 N–H and O–H groups in total. The molecule has 3 rings (SSSR count). The number of hydrogen-bond acceptors (Lipinski definition) is 8. The smallest absolute Gasteiger partial charge is 0.239 e. The number of nitrogens with zero attached hydrogens (tertiary/aromatic N) is 4. The summed E-state index contributed by atoms with van der Waals surface area (Å²) in [4.78, 5) is 13.1. The fraction of sp³-hybridized carbons (Fsp3) is 0.571. The molecule has 0 unspecified atom stereocenters. The minimum atomic E-state index is 0.257. The van der Waals surface area contributed by atoms with Crippen LogP contribution >= 0.6 is 0 Å². The van der Waals surface area contributed by atoms with E-state index >= 15 is 0 Å². The van der Waals surface area contributed by atoms with Crippen molar-refractivity contribution in [2.24, 2.45) is 0 Å². The molecule has 1 saturated heterocycles. The summed E-state index contributed by atoms with van der Waals surface area (Å²) in [7, 11) is 1.64. The Balaban J connectivity index is 1.66. The minimum absolute atomic E-state index is 0.257. The van der Waals surface area contributed by atoms with Gasteiger partial charge in [-0.1, -0.05) is 0 Å². The number of H-pyrrole nitrogens is 1. The molecular formula is C14H21N7O2. The molecule has 23 heavy (non-hydrogen) atoms. The maximum Gasteiger partial charge on any atom is 0.239 e. The van der Waals surface area contributed by atoms with Gasteiger partial charge < -0.3 is 20.5 Å². The van der Waals surface area contributed by atoms with Gasteiger partial charge in [0.2, 0.25) is 5.95 Å². The quantitative estimate of drug-likeness (QED) is 0.673. The SMILES string of the molecule is COCc1nc(NCCc2nc(N)n[nH]2)cc([C@@H]2CCOC2)n1. The van der Waals surface area contributed by atoms with Crippen LogP contribution < -0.4 is 11.1 Å². The van der Waals surface area contributed by atoms with Crippen molar-refractivity contribution in [3.05, 3.63) is 23.4 Å². The van der Waals surface area contributed by atoms with Gasteiger partial charge in [0.1, 0.15) is 18.2 Å². The first-order valence-electron chi connectivity index (χ1n) is 7.59. The number of nitrogens with two attached hydrogens (primary N) is 1.